The maximum absolute atomic E-state index is 12.8. The first-order valence-electron chi connectivity index (χ1n) is 8.93. The van der Waals surface area contributed by atoms with E-state index in [-0.39, 0.29) is 28.9 Å². The summed E-state index contributed by atoms with van der Waals surface area (Å²) < 4.78 is 6.01. The first-order valence-corrected chi connectivity index (χ1v) is 9.72. The van der Waals surface area contributed by atoms with Gasteiger partial charge in [0.25, 0.3) is 0 Å². The summed E-state index contributed by atoms with van der Waals surface area (Å²) in [6.07, 6.45) is -0.0862. The van der Waals surface area contributed by atoms with E-state index in [0.717, 1.165) is 10.5 Å². The lowest BCUT2D eigenvalue weighted by Gasteiger charge is -2.09. The van der Waals surface area contributed by atoms with Gasteiger partial charge in [0.05, 0.1) is 16.9 Å². The number of ketones is 1. The van der Waals surface area contributed by atoms with E-state index >= 15 is 0 Å². The zero-order valence-corrected chi connectivity index (χ0v) is 17.5. The molecule has 0 bridgehead atoms. The molecule has 0 aromatic heterocycles. The van der Waals surface area contributed by atoms with Crippen molar-refractivity contribution >= 4 is 39.3 Å². The molecule has 3 aromatic carbocycles. The molecule has 8 nitrogen and oxygen atoms in total. The second-order valence-electron chi connectivity index (χ2n) is 6.46. The molecular formula is C22H15BrN2O6. The largest absolute Gasteiger partial charge is 0.419 e. The summed E-state index contributed by atoms with van der Waals surface area (Å²) in [5, 5.41) is 11.5. The molecule has 0 spiro atoms. The summed E-state index contributed by atoms with van der Waals surface area (Å²) >= 11 is 3.29. The fourth-order valence-electron chi connectivity index (χ4n) is 2.87. The highest BCUT2D eigenvalue weighted by Gasteiger charge is 2.23. The van der Waals surface area contributed by atoms with Crippen LogP contribution in [0, 0.1) is 10.1 Å². The molecule has 0 aliphatic heterocycles. The van der Waals surface area contributed by atoms with E-state index in [9.17, 15) is 24.5 Å². The van der Waals surface area contributed by atoms with Crippen molar-refractivity contribution in [1.29, 1.82) is 0 Å². The van der Waals surface area contributed by atoms with Gasteiger partial charge in [-0.05, 0) is 35.9 Å². The Morgan fingerprint density at radius 1 is 0.968 bits per heavy atom. The molecule has 0 aliphatic carbocycles. The predicted octanol–water partition coefficient (Wildman–Crippen LogP) is 3.84. The molecule has 0 unspecified atom stereocenters. The number of amides is 1. The fraction of sp³-hybridized carbons (Fsp3) is 0.0455. The van der Waals surface area contributed by atoms with Crippen molar-refractivity contribution in [2.24, 2.45) is 5.73 Å². The molecule has 0 aliphatic rings. The molecule has 9 heteroatoms. The third-order valence-electron chi connectivity index (χ3n) is 4.34. The summed E-state index contributed by atoms with van der Waals surface area (Å²) in [6, 6.07) is 16.3. The Morgan fingerprint density at radius 2 is 1.61 bits per heavy atom. The second-order valence-corrected chi connectivity index (χ2v) is 7.37. The summed E-state index contributed by atoms with van der Waals surface area (Å²) in [5.74, 6) is -2.39. The van der Waals surface area contributed by atoms with Crippen LogP contribution in [0.2, 0.25) is 0 Å². The van der Waals surface area contributed by atoms with Crippen LogP contribution < -0.4 is 10.5 Å². The normalized spacial score (nSPS) is 10.4. The number of hydrogen-bond acceptors (Lipinski definition) is 6. The van der Waals surface area contributed by atoms with E-state index in [1.165, 1.54) is 24.3 Å². The molecule has 3 aromatic rings. The summed E-state index contributed by atoms with van der Waals surface area (Å²) in [5.41, 5.74) is 5.39. The maximum atomic E-state index is 12.8. The van der Waals surface area contributed by atoms with Crippen molar-refractivity contribution in [3.63, 3.8) is 0 Å². The van der Waals surface area contributed by atoms with Crippen molar-refractivity contribution < 1.29 is 24.0 Å². The molecule has 0 saturated heterocycles. The van der Waals surface area contributed by atoms with Crippen LogP contribution in [-0.2, 0) is 11.2 Å². The first kappa shape index (κ1) is 21.8. The number of nitro benzene ring substituents is 1. The average molecular weight is 483 g/mol. The minimum Gasteiger partial charge on any atom is -0.419 e. The average Bonchev–Trinajstić information content (AvgIpc) is 2.75. The van der Waals surface area contributed by atoms with Crippen molar-refractivity contribution in [2.45, 2.75) is 6.42 Å². The second kappa shape index (κ2) is 9.31. The lowest BCUT2D eigenvalue weighted by atomic mass is 9.97. The number of hydrogen-bond donors (Lipinski definition) is 1. The number of nitro groups is 1. The Bertz CT molecular complexity index is 1190. The van der Waals surface area contributed by atoms with Crippen molar-refractivity contribution in [2.75, 3.05) is 0 Å². The van der Waals surface area contributed by atoms with Gasteiger partial charge in [-0.2, -0.15) is 0 Å². The molecule has 0 fully saturated rings. The molecule has 1 amide bonds. The highest BCUT2D eigenvalue weighted by atomic mass is 79.9. The van der Waals surface area contributed by atoms with Gasteiger partial charge < -0.3 is 10.5 Å². The van der Waals surface area contributed by atoms with Crippen LogP contribution in [0.1, 0.15) is 31.8 Å². The van der Waals surface area contributed by atoms with Crippen LogP contribution in [0.5, 0.6) is 5.75 Å². The smallest absolute Gasteiger partial charge is 0.315 e. The number of rotatable bonds is 7. The van der Waals surface area contributed by atoms with Gasteiger partial charge in [0.2, 0.25) is 11.7 Å². The van der Waals surface area contributed by atoms with E-state index < -0.39 is 28.3 Å². The number of esters is 1. The van der Waals surface area contributed by atoms with Gasteiger partial charge >= 0.3 is 11.7 Å². The monoisotopic (exact) mass is 482 g/mol. The molecule has 156 valence electrons. The molecule has 31 heavy (non-hydrogen) atoms. The van der Waals surface area contributed by atoms with Crippen LogP contribution in [0.25, 0.3) is 0 Å². The van der Waals surface area contributed by atoms with Crippen molar-refractivity contribution in [1.82, 2.24) is 0 Å². The van der Waals surface area contributed by atoms with Crippen LogP contribution in [-0.4, -0.2) is 22.6 Å². The Morgan fingerprint density at radius 3 is 2.23 bits per heavy atom. The molecule has 2 N–H and O–H groups in total. The maximum Gasteiger partial charge on any atom is 0.315 e. The molecule has 3 rings (SSSR count). The van der Waals surface area contributed by atoms with E-state index in [1.54, 1.807) is 36.4 Å². The van der Waals surface area contributed by atoms with Gasteiger partial charge in [0.15, 0.2) is 5.78 Å². The van der Waals surface area contributed by atoms with E-state index in [4.69, 9.17) is 10.5 Å². The van der Waals surface area contributed by atoms with Gasteiger partial charge in [0, 0.05) is 21.7 Å². The van der Waals surface area contributed by atoms with Crippen molar-refractivity contribution in [3.8, 4) is 5.75 Å². The zero-order valence-electron chi connectivity index (χ0n) is 15.9. The Labute approximate surface area is 184 Å². The van der Waals surface area contributed by atoms with Gasteiger partial charge in [0.1, 0.15) is 0 Å². The number of carbonyl (C=O) groups excluding carboxylic acids is 3. The number of nitrogens with zero attached hydrogens (tertiary/aromatic N) is 1. The lowest BCUT2D eigenvalue weighted by molar-refractivity contribution is -0.385. The third kappa shape index (κ3) is 5.20. The number of nitrogens with two attached hydrogens (primary N) is 1. The van der Waals surface area contributed by atoms with Crippen LogP contribution >= 0.6 is 15.9 Å². The minimum absolute atomic E-state index is 0.000144. The fourth-order valence-corrected chi connectivity index (χ4v) is 3.13. The highest BCUT2D eigenvalue weighted by molar-refractivity contribution is 9.10. The van der Waals surface area contributed by atoms with Crippen molar-refractivity contribution in [3.05, 3.63) is 104 Å². The van der Waals surface area contributed by atoms with Crippen LogP contribution in [0.4, 0.5) is 5.69 Å². The van der Waals surface area contributed by atoms with Gasteiger partial charge in [-0.15, -0.1) is 0 Å². The number of carbonyl (C=O) groups is 3. The van der Waals surface area contributed by atoms with Crippen LogP contribution in [0.15, 0.2) is 71.2 Å². The van der Waals surface area contributed by atoms with Gasteiger partial charge in [-0.1, -0.05) is 46.3 Å². The van der Waals surface area contributed by atoms with E-state index in [2.05, 4.69) is 15.9 Å². The predicted molar refractivity (Wildman–Crippen MR) is 115 cm³/mol. The Balaban J connectivity index is 1.87. The van der Waals surface area contributed by atoms with Gasteiger partial charge in [-0.25, -0.2) is 0 Å². The Hall–Kier alpha value is -3.85. The molecule has 0 atom stereocenters. The summed E-state index contributed by atoms with van der Waals surface area (Å²) in [7, 11) is 0. The summed E-state index contributed by atoms with van der Waals surface area (Å²) in [6.45, 7) is 0. The molecule has 0 radical (unpaired) electrons. The first-order chi connectivity index (χ1) is 14.8. The molecule has 0 heterocycles. The SMILES string of the molecule is NC(=O)c1ccccc1C(=O)c1ccc(OC(=O)Cc2ccc(Br)cc2)c([N+](=O)[O-])c1. The third-order valence-corrected chi connectivity index (χ3v) is 4.87. The lowest BCUT2D eigenvalue weighted by Crippen LogP contribution is -2.17. The van der Waals surface area contributed by atoms with Crippen LogP contribution in [0.3, 0.4) is 0 Å². The molecular weight excluding hydrogens is 468 g/mol. The minimum atomic E-state index is -0.794. The standard InChI is InChI=1S/C22H15BrN2O6/c23-15-8-5-13(6-9-15)11-20(26)31-19-10-7-14(12-18(19)25(29)30)21(27)16-3-1-2-4-17(16)22(24)28/h1-10,12H,11H2,(H2,24,28). The van der Waals surface area contributed by atoms with E-state index in [0.29, 0.717) is 5.56 Å². The number of primary amides is 1. The number of halogens is 1. The summed E-state index contributed by atoms with van der Waals surface area (Å²) in [4.78, 5) is 47.4. The quantitative estimate of drug-likeness (QED) is 0.179. The topological polar surface area (TPSA) is 130 Å². The Kier molecular flexibility index (Phi) is 6.56. The highest BCUT2D eigenvalue weighted by Crippen LogP contribution is 2.30. The number of benzene rings is 3. The molecule has 0 saturated carbocycles. The zero-order chi connectivity index (χ0) is 22.5. The van der Waals surface area contributed by atoms with E-state index in [1.807, 2.05) is 0 Å². The number of ether oxygens (including phenoxy) is 1. The van der Waals surface area contributed by atoms with Gasteiger partial charge in [-0.3, -0.25) is 24.5 Å².